The SMILES string of the molecule is O=C(O)C1(C(=O)N2CCOC(c3ccc(Cl)s3)C2)CC=CC1. The molecule has 3 rings (SSSR count). The van der Waals surface area contributed by atoms with Crippen molar-refractivity contribution in [2.75, 3.05) is 19.7 Å². The molecule has 0 aromatic carbocycles. The number of aliphatic carboxylic acids is 1. The fraction of sp³-hybridized carbons (Fsp3) is 0.467. The number of hydrogen-bond donors (Lipinski definition) is 1. The Labute approximate surface area is 137 Å². The number of nitrogens with zero attached hydrogens (tertiary/aromatic N) is 1. The molecule has 22 heavy (non-hydrogen) atoms. The minimum absolute atomic E-state index is 0.240. The first-order chi connectivity index (χ1) is 10.5. The van der Waals surface area contributed by atoms with Gasteiger partial charge in [-0.25, -0.2) is 0 Å². The highest BCUT2D eigenvalue weighted by Crippen LogP contribution is 2.38. The number of hydrogen-bond acceptors (Lipinski definition) is 4. The van der Waals surface area contributed by atoms with E-state index < -0.39 is 11.4 Å². The van der Waals surface area contributed by atoms with Crippen molar-refractivity contribution < 1.29 is 19.4 Å². The van der Waals surface area contributed by atoms with Gasteiger partial charge in [-0.15, -0.1) is 11.3 Å². The van der Waals surface area contributed by atoms with E-state index in [9.17, 15) is 14.7 Å². The van der Waals surface area contributed by atoms with E-state index in [2.05, 4.69) is 0 Å². The van der Waals surface area contributed by atoms with Crippen molar-refractivity contribution in [2.45, 2.75) is 18.9 Å². The van der Waals surface area contributed by atoms with Crippen LogP contribution in [0.25, 0.3) is 0 Å². The van der Waals surface area contributed by atoms with Gasteiger partial charge in [0.25, 0.3) is 0 Å². The molecule has 1 fully saturated rings. The van der Waals surface area contributed by atoms with Crippen molar-refractivity contribution in [3.63, 3.8) is 0 Å². The Morgan fingerprint density at radius 2 is 2.09 bits per heavy atom. The van der Waals surface area contributed by atoms with Crippen LogP contribution in [0.2, 0.25) is 4.34 Å². The van der Waals surface area contributed by atoms with E-state index in [0.29, 0.717) is 24.0 Å². The number of halogens is 1. The Balaban J connectivity index is 1.76. The zero-order chi connectivity index (χ0) is 15.7. The number of allylic oxidation sites excluding steroid dienone is 2. The van der Waals surface area contributed by atoms with Gasteiger partial charge in [-0.3, -0.25) is 9.59 Å². The van der Waals surface area contributed by atoms with E-state index >= 15 is 0 Å². The molecule has 1 amide bonds. The molecule has 1 atom stereocenters. The molecular formula is C15H16ClNO4S. The number of carbonyl (C=O) groups is 2. The maximum atomic E-state index is 12.8. The smallest absolute Gasteiger partial charge is 0.319 e. The topological polar surface area (TPSA) is 66.8 Å². The van der Waals surface area contributed by atoms with E-state index in [1.54, 1.807) is 23.1 Å². The number of carbonyl (C=O) groups excluding carboxylic acids is 1. The van der Waals surface area contributed by atoms with E-state index in [1.807, 2.05) is 6.07 Å². The molecule has 0 bridgehead atoms. The maximum Gasteiger partial charge on any atom is 0.319 e. The summed E-state index contributed by atoms with van der Waals surface area (Å²) in [6, 6.07) is 3.68. The fourth-order valence-electron chi connectivity index (χ4n) is 2.90. The molecule has 7 heteroatoms. The predicted molar refractivity (Wildman–Crippen MR) is 83.0 cm³/mol. The fourth-order valence-corrected chi connectivity index (χ4v) is 4.00. The number of carboxylic acid groups (broad SMARTS) is 1. The third kappa shape index (κ3) is 2.66. The Morgan fingerprint density at radius 3 is 2.68 bits per heavy atom. The van der Waals surface area contributed by atoms with Crippen molar-refractivity contribution in [1.82, 2.24) is 4.90 Å². The normalized spacial score (nSPS) is 23.7. The Kier molecular flexibility index (Phi) is 4.25. The maximum absolute atomic E-state index is 12.8. The minimum atomic E-state index is -1.34. The highest BCUT2D eigenvalue weighted by atomic mass is 35.5. The van der Waals surface area contributed by atoms with Crippen LogP contribution < -0.4 is 0 Å². The number of ether oxygens (including phenoxy) is 1. The molecule has 5 nitrogen and oxygen atoms in total. The number of morpholine rings is 1. The molecule has 118 valence electrons. The van der Waals surface area contributed by atoms with Crippen molar-refractivity contribution in [1.29, 1.82) is 0 Å². The monoisotopic (exact) mass is 341 g/mol. The second-order valence-corrected chi connectivity index (χ2v) is 7.27. The van der Waals surface area contributed by atoms with Crippen LogP contribution in [0.5, 0.6) is 0 Å². The molecule has 0 spiro atoms. The number of carboxylic acids is 1. The van der Waals surface area contributed by atoms with E-state index in [1.165, 1.54) is 11.3 Å². The minimum Gasteiger partial charge on any atom is -0.480 e. The lowest BCUT2D eigenvalue weighted by molar-refractivity contribution is -0.163. The number of amides is 1. The summed E-state index contributed by atoms with van der Waals surface area (Å²) >= 11 is 7.36. The average Bonchev–Trinajstić information content (AvgIpc) is 3.16. The van der Waals surface area contributed by atoms with Crippen LogP contribution in [0, 0.1) is 5.41 Å². The molecule has 1 saturated heterocycles. The summed E-state index contributed by atoms with van der Waals surface area (Å²) in [5.74, 6) is -1.37. The van der Waals surface area contributed by atoms with Gasteiger partial charge in [0.15, 0.2) is 5.41 Å². The lowest BCUT2D eigenvalue weighted by atomic mass is 9.83. The van der Waals surface area contributed by atoms with Crippen LogP contribution in [0.15, 0.2) is 24.3 Å². The van der Waals surface area contributed by atoms with Crippen molar-refractivity contribution in [3.8, 4) is 0 Å². The standard InChI is InChI=1S/C15H16ClNO4S/c16-12-4-3-11(22-12)10-9-17(7-8-21-10)13(18)15(14(19)20)5-1-2-6-15/h1-4,10H,5-9H2,(H,19,20). The van der Waals surface area contributed by atoms with Crippen LogP contribution in [-0.4, -0.2) is 41.6 Å². The third-order valence-electron chi connectivity index (χ3n) is 4.18. The van der Waals surface area contributed by atoms with Gasteiger partial charge in [0.1, 0.15) is 6.10 Å². The van der Waals surface area contributed by atoms with Gasteiger partial charge in [0.2, 0.25) is 5.91 Å². The van der Waals surface area contributed by atoms with Crippen LogP contribution in [0.1, 0.15) is 23.8 Å². The first-order valence-electron chi connectivity index (χ1n) is 7.07. The molecule has 1 aromatic heterocycles. The number of thiophene rings is 1. The molecule has 2 aliphatic rings. The Hall–Kier alpha value is -1.37. The van der Waals surface area contributed by atoms with E-state index in [4.69, 9.17) is 16.3 Å². The summed E-state index contributed by atoms with van der Waals surface area (Å²) in [4.78, 5) is 27.0. The second kappa shape index (κ2) is 6.02. The lowest BCUT2D eigenvalue weighted by Crippen LogP contribution is -2.51. The van der Waals surface area contributed by atoms with Crippen molar-refractivity contribution in [2.24, 2.45) is 5.41 Å². The Morgan fingerprint density at radius 1 is 1.36 bits per heavy atom. The van der Waals surface area contributed by atoms with Crippen molar-refractivity contribution >= 4 is 34.8 Å². The Bertz CT molecular complexity index is 619. The van der Waals surface area contributed by atoms with Gasteiger partial charge >= 0.3 is 5.97 Å². The molecule has 0 saturated carbocycles. The van der Waals surface area contributed by atoms with E-state index in [0.717, 1.165) is 4.88 Å². The van der Waals surface area contributed by atoms with Crippen molar-refractivity contribution in [3.05, 3.63) is 33.5 Å². The zero-order valence-electron chi connectivity index (χ0n) is 11.8. The number of rotatable bonds is 3. The lowest BCUT2D eigenvalue weighted by Gasteiger charge is -2.37. The highest BCUT2D eigenvalue weighted by molar-refractivity contribution is 7.16. The van der Waals surface area contributed by atoms with Gasteiger partial charge in [-0.2, -0.15) is 0 Å². The average molecular weight is 342 g/mol. The van der Waals surface area contributed by atoms with Gasteiger partial charge in [-0.05, 0) is 25.0 Å². The van der Waals surface area contributed by atoms with Gasteiger partial charge in [-0.1, -0.05) is 23.8 Å². The molecule has 1 aliphatic carbocycles. The van der Waals surface area contributed by atoms with Gasteiger partial charge in [0.05, 0.1) is 17.5 Å². The molecule has 1 aromatic rings. The molecule has 2 heterocycles. The van der Waals surface area contributed by atoms with Crippen LogP contribution >= 0.6 is 22.9 Å². The van der Waals surface area contributed by atoms with Gasteiger partial charge < -0.3 is 14.7 Å². The summed E-state index contributed by atoms with van der Waals surface area (Å²) in [6.07, 6.45) is 3.81. The first-order valence-corrected chi connectivity index (χ1v) is 8.27. The predicted octanol–water partition coefficient (Wildman–Crippen LogP) is 2.72. The summed E-state index contributed by atoms with van der Waals surface area (Å²) < 4.78 is 6.38. The first kappa shape index (κ1) is 15.5. The summed E-state index contributed by atoms with van der Waals surface area (Å²) in [5, 5.41) is 9.52. The largest absolute Gasteiger partial charge is 0.480 e. The molecule has 1 unspecified atom stereocenters. The summed E-state index contributed by atoms with van der Waals surface area (Å²) in [7, 11) is 0. The summed E-state index contributed by atoms with van der Waals surface area (Å²) in [5.41, 5.74) is -1.34. The third-order valence-corrected chi connectivity index (χ3v) is 5.51. The quantitative estimate of drug-likeness (QED) is 0.678. The molecular weight excluding hydrogens is 326 g/mol. The van der Waals surface area contributed by atoms with Crippen LogP contribution in [0.4, 0.5) is 0 Å². The molecule has 1 N–H and O–H groups in total. The molecule has 1 aliphatic heterocycles. The highest BCUT2D eigenvalue weighted by Gasteiger charge is 2.49. The zero-order valence-corrected chi connectivity index (χ0v) is 13.4. The van der Waals surface area contributed by atoms with E-state index in [-0.39, 0.29) is 24.9 Å². The van der Waals surface area contributed by atoms with Crippen LogP contribution in [0.3, 0.4) is 0 Å². The van der Waals surface area contributed by atoms with Crippen LogP contribution in [-0.2, 0) is 14.3 Å². The second-order valence-electron chi connectivity index (χ2n) is 5.52. The molecule has 0 radical (unpaired) electrons. The van der Waals surface area contributed by atoms with Gasteiger partial charge in [0, 0.05) is 11.4 Å². The summed E-state index contributed by atoms with van der Waals surface area (Å²) in [6.45, 7) is 1.18.